The van der Waals surface area contributed by atoms with Gasteiger partial charge in [0, 0.05) is 31.9 Å². The van der Waals surface area contributed by atoms with E-state index in [2.05, 4.69) is 34.5 Å². The van der Waals surface area contributed by atoms with Crippen molar-refractivity contribution in [3.63, 3.8) is 0 Å². The lowest BCUT2D eigenvalue weighted by atomic mass is 10.3. The molecule has 0 aromatic carbocycles. The summed E-state index contributed by atoms with van der Waals surface area (Å²) in [5.74, 6) is 1.53. The van der Waals surface area contributed by atoms with E-state index < -0.39 is 0 Å². The highest BCUT2D eigenvalue weighted by Crippen LogP contribution is 2.22. The molecule has 1 aliphatic carbocycles. The lowest BCUT2D eigenvalue weighted by Crippen LogP contribution is -2.40. The van der Waals surface area contributed by atoms with E-state index in [1.54, 1.807) is 7.05 Å². The molecule has 6 heteroatoms. The minimum atomic E-state index is 0. The second-order valence-electron chi connectivity index (χ2n) is 5.75. The van der Waals surface area contributed by atoms with Crippen molar-refractivity contribution >= 4 is 29.9 Å². The number of nitrogens with zero attached hydrogens (tertiary/aromatic N) is 2. The summed E-state index contributed by atoms with van der Waals surface area (Å²) in [5.41, 5.74) is 1.11. The predicted octanol–water partition coefficient (Wildman–Crippen LogP) is 3.09. The van der Waals surface area contributed by atoms with Crippen LogP contribution in [0.2, 0.25) is 0 Å². The Morgan fingerprint density at radius 2 is 2.09 bits per heavy atom. The van der Waals surface area contributed by atoms with Crippen LogP contribution in [0.5, 0.6) is 5.88 Å². The summed E-state index contributed by atoms with van der Waals surface area (Å²) in [6, 6.07) is 4.36. The first-order chi connectivity index (χ1) is 10.2. The standard InChI is InChI=1S/C16H26N4O.HI/c1-12(2)20-16(17-3)19-11-13-8-9-15(18-10-13)21-14-6-4-5-7-14;/h8-10,12,14H,4-7,11H2,1-3H3,(H2,17,19,20);1H. The fraction of sp³-hybridized carbons (Fsp3) is 0.625. The Bertz CT molecular complexity index is 456. The van der Waals surface area contributed by atoms with E-state index in [-0.39, 0.29) is 24.0 Å². The summed E-state index contributed by atoms with van der Waals surface area (Å²) in [7, 11) is 1.77. The van der Waals surface area contributed by atoms with Crippen molar-refractivity contribution in [1.82, 2.24) is 15.6 Å². The number of rotatable bonds is 5. The number of aliphatic imine (C=N–C) groups is 1. The maximum absolute atomic E-state index is 5.86. The highest BCUT2D eigenvalue weighted by atomic mass is 127. The molecule has 0 radical (unpaired) electrons. The first kappa shape index (κ1) is 19.0. The minimum absolute atomic E-state index is 0. The van der Waals surface area contributed by atoms with Gasteiger partial charge in [-0.25, -0.2) is 4.98 Å². The van der Waals surface area contributed by atoms with E-state index in [0.29, 0.717) is 18.7 Å². The quantitative estimate of drug-likeness (QED) is 0.439. The maximum Gasteiger partial charge on any atom is 0.213 e. The number of hydrogen-bond donors (Lipinski definition) is 2. The third-order valence-electron chi connectivity index (χ3n) is 3.50. The molecule has 0 spiro atoms. The Hall–Kier alpha value is -1.05. The molecule has 124 valence electrons. The zero-order valence-corrected chi connectivity index (χ0v) is 16.0. The first-order valence-electron chi connectivity index (χ1n) is 7.76. The third kappa shape index (κ3) is 6.37. The zero-order chi connectivity index (χ0) is 15.1. The van der Waals surface area contributed by atoms with Crippen molar-refractivity contribution < 1.29 is 4.74 Å². The molecular formula is C16H27IN4O. The highest BCUT2D eigenvalue weighted by Gasteiger charge is 2.16. The Balaban J connectivity index is 0.00000242. The van der Waals surface area contributed by atoms with E-state index in [1.165, 1.54) is 12.8 Å². The SMILES string of the molecule is CN=C(NCc1ccc(OC2CCCC2)nc1)NC(C)C.I. The molecule has 1 aromatic rings. The Labute approximate surface area is 150 Å². The monoisotopic (exact) mass is 418 g/mol. The van der Waals surface area contributed by atoms with Crippen LogP contribution in [0.15, 0.2) is 23.3 Å². The van der Waals surface area contributed by atoms with E-state index in [0.717, 1.165) is 30.2 Å². The molecule has 0 amide bonds. The lowest BCUT2D eigenvalue weighted by molar-refractivity contribution is 0.201. The molecule has 22 heavy (non-hydrogen) atoms. The number of ether oxygens (including phenoxy) is 1. The Morgan fingerprint density at radius 1 is 1.36 bits per heavy atom. The van der Waals surface area contributed by atoms with E-state index in [1.807, 2.05) is 18.3 Å². The number of nitrogens with one attached hydrogen (secondary N) is 2. The van der Waals surface area contributed by atoms with Gasteiger partial charge in [-0.05, 0) is 45.1 Å². The van der Waals surface area contributed by atoms with E-state index in [9.17, 15) is 0 Å². The molecule has 2 rings (SSSR count). The summed E-state index contributed by atoms with van der Waals surface area (Å²) in [6.45, 7) is 4.87. The van der Waals surface area contributed by atoms with Gasteiger partial charge in [0.15, 0.2) is 5.96 Å². The van der Waals surface area contributed by atoms with Crippen LogP contribution in [0.25, 0.3) is 0 Å². The molecule has 1 fully saturated rings. The minimum Gasteiger partial charge on any atom is -0.474 e. The third-order valence-corrected chi connectivity index (χ3v) is 3.50. The number of guanidine groups is 1. The van der Waals surface area contributed by atoms with Crippen LogP contribution in [0.3, 0.4) is 0 Å². The van der Waals surface area contributed by atoms with Crippen molar-refractivity contribution in [2.24, 2.45) is 4.99 Å². The summed E-state index contributed by atoms with van der Waals surface area (Å²) in [6.07, 6.45) is 7.07. The topological polar surface area (TPSA) is 58.5 Å². The van der Waals surface area contributed by atoms with Gasteiger partial charge in [-0.15, -0.1) is 24.0 Å². The number of halogens is 1. The molecule has 0 bridgehead atoms. The smallest absolute Gasteiger partial charge is 0.213 e. The second kappa shape index (κ2) is 9.86. The fourth-order valence-electron chi connectivity index (χ4n) is 2.42. The summed E-state index contributed by atoms with van der Waals surface area (Å²) < 4.78 is 5.86. The van der Waals surface area contributed by atoms with Crippen molar-refractivity contribution in [2.45, 2.75) is 58.2 Å². The second-order valence-corrected chi connectivity index (χ2v) is 5.75. The van der Waals surface area contributed by atoms with Crippen LogP contribution in [0.1, 0.15) is 45.1 Å². The zero-order valence-electron chi connectivity index (χ0n) is 13.6. The molecule has 0 aliphatic heterocycles. The Morgan fingerprint density at radius 3 is 2.64 bits per heavy atom. The molecule has 0 unspecified atom stereocenters. The molecule has 1 aliphatic rings. The van der Waals surface area contributed by atoms with Gasteiger partial charge in [0.2, 0.25) is 5.88 Å². The fourth-order valence-corrected chi connectivity index (χ4v) is 2.42. The van der Waals surface area contributed by atoms with Crippen LogP contribution in [-0.4, -0.2) is 30.1 Å². The first-order valence-corrected chi connectivity index (χ1v) is 7.76. The molecule has 2 N–H and O–H groups in total. The summed E-state index contributed by atoms with van der Waals surface area (Å²) >= 11 is 0. The van der Waals surface area contributed by atoms with Gasteiger partial charge >= 0.3 is 0 Å². The highest BCUT2D eigenvalue weighted by molar-refractivity contribution is 14.0. The normalized spacial score (nSPS) is 15.5. The van der Waals surface area contributed by atoms with Gasteiger partial charge in [0.25, 0.3) is 0 Å². The molecule has 0 atom stereocenters. The average Bonchev–Trinajstić information content (AvgIpc) is 2.97. The van der Waals surface area contributed by atoms with Crippen LogP contribution < -0.4 is 15.4 Å². The van der Waals surface area contributed by atoms with Gasteiger partial charge in [-0.3, -0.25) is 4.99 Å². The van der Waals surface area contributed by atoms with Crippen molar-refractivity contribution in [3.05, 3.63) is 23.9 Å². The van der Waals surface area contributed by atoms with Crippen molar-refractivity contribution in [2.75, 3.05) is 7.05 Å². The lowest BCUT2D eigenvalue weighted by Gasteiger charge is -2.15. The van der Waals surface area contributed by atoms with Gasteiger partial charge in [-0.2, -0.15) is 0 Å². The molecule has 1 saturated carbocycles. The summed E-state index contributed by atoms with van der Waals surface area (Å²) in [4.78, 5) is 8.56. The predicted molar refractivity (Wildman–Crippen MR) is 101 cm³/mol. The van der Waals surface area contributed by atoms with Gasteiger partial charge in [0.1, 0.15) is 6.10 Å². The molecule has 0 saturated heterocycles. The summed E-state index contributed by atoms with van der Waals surface area (Å²) in [5, 5.41) is 6.52. The van der Waals surface area contributed by atoms with E-state index >= 15 is 0 Å². The van der Waals surface area contributed by atoms with Crippen LogP contribution in [0, 0.1) is 0 Å². The molecule has 5 nitrogen and oxygen atoms in total. The van der Waals surface area contributed by atoms with Crippen molar-refractivity contribution in [1.29, 1.82) is 0 Å². The molecule has 1 heterocycles. The van der Waals surface area contributed by atoms with Gasteiger partial charge in [-0.1, -0.05) is 6.07 Å². The van der Waals surface area contributed by atoms with Crippen molar-refractivity contribution in [3.8, 4) is 5.88 Å². The van der Waals surface area contributed by atoms with Crippen LogP contribution >= 0.6 is 24.0 Å². The maximum atomic E-state index is 5.86. The van der Waals surface area contributed by atoms with Crippen LogP contribution in [0.4, 0.5) is 0 Å². The van der Waals surface area contributed by atoms with Gasteiger partial charge < -0.3 is 15.4 Å². The van der Waals surface area contributed by atoms with Crippen LogP contribution in [-0.2, 0) is 6.54 Å². The largest absolute Gasteiger partial charge is 0.474 e. The number of aromatic nitrogens is 1. The van der Waals surface area contributed by atoms with E-state index in [4.69, 9.17) is 4.74 Å². The number of hydrogen-bond acceptors (Lipinski definition) is 3. The number of pyridine rings is 1. The average molecular weight is 418 g/mol. The molecule has 1 aromatic heterocycles. The molecular weight excluding hydrogens is 391 g/mol. The Kier molecular flexibility index (Phi) is 8.52. The van der Waals surface area contributed by atoms with Gasteiger partial charge in [0.05, 0.1) is 0 Å².